The molecule has 0 fully saturated rings. The Bertz CT molecular complexity index is 1190. The highest BCUT2D eigenvalue weighted by molar-refractivity contribution is 6.04. The summed E-state index contributed by atoms with van der Waals surface area (Å²) in [5, 5.41) is 13.5. The molecule has 3 aromatic rings. The maximum atomic E-state index is 13.2. The number of fused-ring (bicyclic) bond motifs is 1. The Morgan fingerprint density at radius 1 is 1.09 bits per heavy atom. The summed E-state index contributed by atoms with van der Waals surface area (Å²) in [4.78, 5) is 29.1. The van der Waals surface area contributed by atoms with Crippen molar-refractivity contribution in [2.75, 3.05) is 0 Å². The van der Waals surface area contributed by atoms with E-state index in [2.05, 4.69) is 10.3 Å². The number of aliphatic carboxylic acids is 1. The summed E-state index contributed by atoms with van der Waals surface area (Å²) in [6.07, 6.45) is -0.840. The molecule has 1 heterocycles. The molecule has 1 atom stereocenters. The first kappa shape index (κ1) is 25.0. The highest BCUT2D eigenvalue weighted by Gasteiger charge is 2.36. The van der Waals surface area contributed by atoms with E-state index in [1.807, 2.05) is 6.92 Å². The molecule has 0 aliphatic rings. The van der Waals surface area contributed by atoms with Gasteiger partial charge in [0, 0.05) is 17.8 Å². The number of benzene rings is 2. The molecule has 0 aliphatic heterocycles. The molecule has 0 saturated heterocycles. The fourth-order valence-electron chi connectivity index (χ4n) is 3.42. The Kier molecular flexibility index (Phi) is 7.14. The lowest BCUT2D eigenvalue weighted by atomic mass is 9.81. The van der Waals surface area contributed by atoms with E-state index < -0.39 is 35.1 Å². The molecule has 1 aromatic heterocycles. The van der Waals surface area contributed by atoms with Gasteiger partial charge < -0.3 is 15.2 Å². The van der Waals surface area contributed by atoms with Crippen LogP contribution in [0.2, 0.25) is 0 Å². The topological polar surface area (TPSA) is 88.5 Å². The van der Waals surface area contributed by atoms with Crippen LogP contribution in [0.5, 0.6) is 5.75 Å². The van der Waals surface area contributed by atoms with Crippen LogP contribution in [0.25, 0.3) is 10.8 Å². The third kappa shape index (κ3) is 5.47. The third-order valence-electron chi connectivity index (χ3n) is 5.90. The van der Waals surface area contributed by atoms with Gasteiger partial charge in [-0.15, -0.1) is 0 Å². The number of alkyl halides is 3. The maximum Gasteiger partial charge on any atom is 0.416 e. The summed E-state index contributed by atoms with van der Waals surface area (Å²) in [5.41, 5.74) is -0.911. The normalized spacial score (nSPS) is 12.9. The number of rotatable bonds is 8. The number of carbonyl (C=O) groups excluding carboxylic acids is 1. The number of halogens is 3. The first-order valence-electron chi connectivity index (χ1n) is 10.6. The summed E-state index contributed by atoms with van der Waals surface area (Å²) in [6.45, 7) is 5.23. The largest absolute Gasteiger partial charge is 0.487 e. The van der Waals surface area contributed by atoms with Crippen LogP contribution in [0.1, 0.15) is 48.7 Å². The van der Waals surface area contributed by atoms with Gasteiger partial charge in [0.25, 0.3) is 5.91 Å². The molecule has 1 unspecified atom stereocenters. The van der Waals surface area contributed by atoms with Gasteiger partial charge in [-0.25, -0.2) is 4.79 Å². The van der Waals surface area contributed by atoms with E-state index in [0.717, 1.165) is 17.5 Å². The van der Waals surface area contributed by atoms with E-state index in [9.17, 15) is 27.9 Å². The smallest absolute Gasteiger partial charge is 0.416 e. The molecular weight excluding hydrogens is 449 g/mol. The van der Waals surface area contributed by atoms with Crippen LogP contribution in [0.3, 0.4) is 0 Å². The molecule has 6 nitrogen and oxygen atoms in total. The molecular formula is C25H25F3N2O4. The number of aromatic nitrogens is 1. The monoisotopic (exact) mass is 474 g/mol. The number of hydrogen-bond acceptors (Lipinski definition) is 4. The number of amides is 1. The van der Waals surface area contributed by atoms with Crippen LogP contribution in [0.15, 0.2) is 54.9 Å². The molecule has 0 saturated carbocycles. The average molecular weight is 474 g/mol. The van der Waals surface area contributed by atoms with E-state index in [-0.39, 0.29) is 17.9 Å². The summed E-state index contributed by atoms with van der Waals surface area (Å²) in [5.74, 6) is -1.63. The van der Waals surface area contributed by atoms with Gasteiger partial charge in [0.05, 0.1) is 11.1 Å². The van der Waals surface area contributed by atoms with E-state index in [0.29, 0.717) is 17.4 Å². The number of pyridine rings is 1. The van der Waals surface area contributed by atoms with Crippen LogP contribution in [-0.2, 0) is 17.6 Å². The van der Waals surface area contributed by atoms with Gasteiger partial charge in [0.2, 0.25) is 0 Å². The standard InChI is InChI=1S/C25H25F3N2O4/c1-4-24(2,3)21(23(32)33)30-22(31)18-10-7-16-11-12-29-13-19(16)20(18)34-14-15-5-8-17(9-6-15)25(26,27)28/h5-13,21H,4,14H2,1-3H3,(H,30,31)(H,32,33). The fraction of sp³-hybridized carbons (Fsp3) is 0.320. The molecule has 0 bridgehead atoms. The molecule has 0 spiro atoms. The highest BCUT2D eigenvalue weighted by Crippen LogP contribution is 2.32. The zero-order chi connectivity index (χ0) is 25.1. The van der Waals surface area contributed by atoms with Gasteiger partial charge >= 0.3 is 12.1 Å². The first-order chi connectivity index (χ1) is 15.9. The van der Waals surface area contributed by atoms with Crippen molar-refractivity contribution in [1.29, 1.82) is 0 Å². The van der Waals surface area contributed by atoms with E-state index >= 15 is 0 Å². The second-order valence-corrected chi connectivity index (χ2v) is 8.61. The second-order valence-electron chi connectivity index (χ2n) is 8.61. The number of nitrogens with one attached hydrogen (secondary N) is 1. The minimum Gasteiger partial charge on any atom is -0.487 e. The van der Waals surface area contributed by atoms with Crippen molar-refractivity contribution in [3.8, 4) is 5.75 Å². The molecule has 9 heteroatoms. The Morgan fingerprint density at radius 2 is 1.76 bits per heavy atom. The predicted octanol–water partition coefficient (Wildman–Crippen LogP) is 5.45. The second kappa shape index (κ2) is 9.70. The zero-order valence-electron chi connectivity index (χ0n) is 18.9. The van der Waals surface area contributed by atoms with Crippen molar-refractivity contribution in [2.24, 2.45) is 5.41 Å². The van der Waals surface area contributed by atoms with Crippen LogP contribution in [0, 0.1) is 5.41 Å². The summed E-state index contributed by atoms with van der Waals surface area (Å²) in [6, 6.07) is 8.32. The summed E-state index contributed by atoms with van der Waals surface area (Å²) >= 11 is 0. The van der Waals surface area contributed by atoms with Gasteiger partial charge in [-0.3, -0.25) is 9.78 Å². The van der Waals surface area contributed by atoms with Crippen molar-refractivity contribution < 1.29 is 32.6 Å². The SMILES string of the molecule is CCC(C)(C)C(NC(=O)c1ccc2ccncc2c1OCc1ccc(C(F)(F)F)cc1)C(=O)O. The van der Waals surface area contributed by atoms with E-state index in [4.69, 9.17) is 4.74 Å². The van der Waals surface area contributed by atoms with Crippen molar-refractivity contribution in [3.63, 3.8) is 0 Å². The van der Waals surface area contributed by atoms with Crippen molar-refractivity contribution in [2.45, 2.75) is 46.0 Å². The Labute approximate surface area is 194 Å². The molecule has 180 valence electrons. The van der Waals surface area contributed by atoms with Gasteiger partial charge in [-0.2, -0.15) is 13.2 Å². The minimum absolute atomic E-state index is 0.102. The molecule has 0 aliphatic carbocycles. The zero-order valence-corrected chi connectivity index (χ0v) is 18.9. The molecule has 34 heavy (non-hydrogen) atoms. The van der Waals surface area contributed by atoms with E-state index in [1.165, 1.54) is 24.4 Å². The van der Waals surface area contributed by atoms with Crippen molar-refractivity contribution in [1.82, 2.24) is 10.3 Å². The predicted molar refractivity (Wildman–Crippen MR) is 120 cm³/mol. The highest BCUT2D eigenvalue weighted by atomic mass is 19.4. The number of carboxylic acid groups (broad SMARTS) is 1. The number of hydrogen-bond donors (Lipinski definition) is 2. The Morgan fingerprint density at radius 3 is 2.35 bits per heavy atom. The maximum absolute atomic E-state index is 13.2. The first-order valence-corrected chi connectivity index (χ1v) is 10.6. The Hall–Kier alpha value is -3.62. The van der Waals surface area contributed by atoms with E-state index in [1.54, 1.807) is 32.2 Å². The third-order valence-corrected chi connectivity index (χ3v) is 5.90. The quantitative estimate of drug-likeness (QED) is 0.453. The molecule has 1 amide bonds. The Balaban J connectivity index is 1.94. The van der Waals surface area contributed by atoms with Gasteiger partial charge in [0.15, 0.2) is 0 Å². The average Bonchev–Trinajstić information content (AvgIpc) is 2.80. The van der Waals surface area contributed by atoms with Gasteiger partial charge in [-0.1, -0.05) is 39.0 Å². The molecule has 2 aromatic carbocycles. The van der Waals surface area contributed by atoms with Crippen LogP contribution < -0.4 is 10.1 Å². The number of carboxylic acids is 1. The number of carbonyl (C=O) groups is 2. The summed E-state index contributed by atoms with van der Waals surface area (Å²) in [7, 11) is 0. The minimum atomic E-state index is -4.45. The van der Waals surface area contributed by atoms with Crippen molar-refractivity contribution >= 4 is 22.6 Å². The van der Waals surface area contributed by atoms with Crippen molar-refractivity contribution in [3.05, 3.63) is 71.5 Å². The lowest BCUT2D eigenvalue weighted by Gasteiger charge is -2.31. The molecule has 3 rings (SSSR count). The molecule has 2 N–H and O–H groups in total. The van der Waals surface area contributed by atoms with Crippen LogP contribution in [0.4, 0.5) is 13.2 Å². The lowest BCUT2D eigenvalue weighted by Crippen LogP contribution is -2.50. The van der Waals surface area contributed by atoms with Gasteiger partial charge in [0.1, 0.15) is 18.4 Å². The molecule has 0 radical (unpaired) electrons. The number of nitrogens with zero attached hydrogens (tertiary/aromatic N) is 1. The number of ether oxygens (including phenoxy) is 1. The van der Waals surface area contributed by atoms with Crippen LogP contribution in [-0.4, -0.2) is 28.0 Å². The lowest BCUT2D eigenvalue weighted by molar-refractivity contribution is -0.142. The fourth-order valence-corrected chi connectivity index (χ4v) is 3.42. The van der Waals surface area contributed by atoms with Gasteiger partial charge in [-0.05, 0) is 47.1 Å². The van der Waals surface area contributed by atoms with Crippen LogP contribution >= 0.6 is 0 Å². The summed E-state index contributed by atoms with van der Waals surface area (Å²) < 4.78 is 44.4.